The molecule has 0 radical (unpaired) electrons. The van der Waals surface area contributed by atoms with Gasteiger partial charge in [0.1, 0.15) is 0 Å². The minimum atomic E-state index is 0.131. The topological polar surface area (TPSA) is 47.6 Å². The zero-order chi connectivity index (χ0) is 17.4. The van der Waals surface area contributed by atoms with E-state index in [0.717, 1.165) is 12.0 Å². The van der Waals surface area contributed by atoms with Crippen molar-refractivity contribution in [1.82, 2.24) is 5.32 Å². The van der Waals surface area contributed by atoms with Gasteiger partial charge in [-0.1, -0.05) is 30.3 Å². The van der Waals surface area contributed by atoms with Gasteiger partial charge in [0.25, 0.3) is 0 Å². The molecule has 1 fully saturated rings. The Bertz CT molecular complexity index is 801. The van der Waals surface area contributed by atoms with Crippen LogP contribution in [-0.4, -0.2) is 26.2 Å². The molecule has 0 spiro atoms. The van der Waals surface area contributed by atoms with Crippen molar-refractivity contribution in [3.05, 3.63) is 59.2 Å². The van der Waals surface area contributed by atoms with E-state index in [1.54, 1.807) is 14.2 Å². The summed E-state index contributed by atoms with van der Waals surface area (Å²) in [6.45, 7) is 0. The Hall–Kier alpha value is -2.49. The zero-order valence-corrected chi connectivity index (χ0v) is 14.6. The first-order chi connectivity index (χ1) is 12.2. The van der Waals surface area contributed by atoms with Crippen molar-refractivity contribution in [2.75, 3.05) is 14.2 Å². The molecule has 1 saturated carbocycles. The Balaban J connectivity index is 1.31. The lowest BCUT2D eigenvalue weighted by Gasteiger charge is -2.11. The number of hydrogen-bond donors (Lipinski definition) is 1. The Kier molecular flexibility index (Phi) is 4.12. The molecule has 25 heavy (non-hydrogen) atoms. The maximum atomic E-state index is 12.3. The Labute approximate surface area is 148 Å². The highest BCUT2D eigenvalue weighted by molar-refractivity contribution is 5.77. The molecule has 130 valence electrons. The Morgan fingerprint density at radius 2 is 1.92 bits per heavy atom. The van der Waals surface area contributed by atoms with Crippen molar-refractivity contribution in [2.45, 2.75) is 31.2 Å². The van der Waals surface area contributed by atoms with Gasteiger partial charge in [0.05, 0.1) is 14.2 Å². The van der Waals surface area contributed by atoms with Crippen LogP contribution in [0.3, 0.4) is 0 Å². The molecule has 1 N–H and O–H groups in total. The molecule has 2 aliphatic carbocycles. The number of ether oxygens (including phenoxy) is 2. The third kappa shape index (κ3) is 2.97. The third-order valence-electron chi connectivity index (χ3n) is 5.45. The number of carbonyl (C=O) groups is 1. The van der Waals surface area contributed by atoms with E-state index in [-0.39, 0.29) is 5.91 Å². The molecule has 0 unspecified atom stereocenters. The maximum absolute atomic E-state index is 12.3. The van der Waals surface area contributed by atoms with E-state index in [1.165, 1.54) is 11.1 Å². The predicted molar refractivity (Wildman–Crippen MR) is 96.2 cm³/mol. The van der Waals surface area contributed by atoms with Crippen molar-refractivity contribution in [3.8, 4) is 11.5 Å². The van der Waals surface area contributed by atoms with E-state index in [9.17, 15) is 4.79 Å². The van der Waals surface area contributed by atoms with E-state index in [0.29, 0.717) is 42.2 Å². The second kappa shape index (κ2) is 6.43. The number of carbonyl (C=O) groups excluding carboxylic acids is 1. The summed E-state index contributed by atoms with van der Waals surface area (Å²) in [5.41, 5.74) is 3.96. The van der Waals surface area contributed by atoms with Crippen LogP contribution < -0.4 is 14.8 Å². The second-order valence-corrected chi connectivity index (χ2v) is 6.88. The molecule has 0 aromatic heterocycles. The smallest absolute Gasteiger partial charge is 0.220 e. The van der Waals surface area contributed by atoms with Gasteiger partial charge in [-0.2, -0.15) is 0 Å². The minimum absolute atomic E-state index is 0.131. The molecular formula is C21H23NO3. The Morgan fingerprint density at radius 3 is 2.72 bits per heavy atom. The van der Waals surface area contributed by atoms with Crippen LogP contribution in [0.1, 0.15) is 29.0 Å². The van der Waals surface area contributed by atoms with E-state index >= 15 is 0 Å². The molecule has 1 amide bonds. The fourth-order valence-corrected chi connectivity index (χ4v) is 4.10. The highest BCUT2D eigenvalue weighted by Crippen LogP contribution is 2.56. The van der Waals surface area contributed by atoms with Gasteiger partial charge in [-0.25, -0.2) is 0 Å². The quantitative estimate of drug-likeness (QED) is 0.881. The third-order valence-corrected chi connectivity index (χ3v) is 5.45. The van der Waals surface area contributed by atoms with Crippen LogP contribution in [0.2, 0.25) is 0 Å². The van der Waals surface area contributed by atoms with E-state index in [2.05, 4.69) is 29.6 Å². The first-order valence-corrected chi connectivity index (χ1v) is 8.79. The first-order valence-electron chi connectivity index (χ1n) is 8.79. The van der Waals surface area contributed by atoms with Crippen LogP contribution in [0.5, 0.6) is 11.5 Å². The largest absolute Gasteiger partial charge is 0.493 e. The molecule has 4 rings (SSSR count). The molecule has 4 nitrogen and oxygen atoms in total. The average molecular weight is 337 g/mol. The molecule has 0 aliphatic heterocycles. The zero-order valence-electron chi connectivity index (χ0n) is 14.6. The van der Waals surface area contributed by atoms with Gasteiger partial charge >= 0.3 is 0 Å². The Morgan fingerprint density at radius 1 is 1.12 bits per heavy atom. The molecule has 2 aliphatic rings. The average Bonchev–Trinajstić information content (AvgIpc) is 3.15. The van der Waals surface area contributed by atoms with Gasteiger partial charge in [-0.05, 0) is 47.6 Å². The van der Waals surface area contributed by atoms with Gasteiger partial charge in [-0.15, -0.1) is 0 Å². The van der Waals surface area contributed by atoms with Crippen molar-refractivity contribution in [2.24, 2.45) is 5.92 Å². The van der Waals surface area contributed by atoms with E-state index in [4.69, 9.17) is 9.47 Å². The van der Waals surface area contributed by atoms with Gasteiger partial charge in [0.2, 0.25) is 5.91 Å². The first kappa shape index (κ1) is 16.0. The number of aryl methyl sites for hydroxylation is 1. The van der Waals surface area contributed by atoms with Crippen LogP contribution in [0.25, 0.3) is 0 Å². The number of benzene rings is 2. The lowest BCUT2D eigenvalue weighted by atomic mass is 10.0. The molecule has 0 saturated heterocycles. The lowest BCUT2D eigenvalue weighted by Crippen LogP contribution is -2.28. The molecule has 2 aromatic rings. The molecule has 2 aromatic carbocycles. The highest BCUT2D eigenvalue weighted by atomic mass is 16.5. The van der Waals surface area contributed by atoms with Gasteiger partial charge in [0, 0.05) is 18.4 Å². The molecule has 4 heteroatoms. The fraction of sp³-hybridized carbons (Fsp3) is 0.381. The normalized spacial score (nSPS) is 22.7. The predicted octanol–water partition coefficient (Wildman–Crippen LogP) is 3.09. The molecule has 0 heterocycles. The number of methoxy groups -OCH3 is 2. The monoisotopic (exact) mass is 337 g/mol. The summed E-state index contributed by atoms with van der Waals surface area (Å²) in [5, 5.41) is 3.22. The van der Waals surface area contributed by atoms with Crippen molar-refractivity contribution in [1.29, 1.82) is 0 Å². The molecule has 0 bridgehead atoms. The molecular weight excluding hydrogens is 314 g/mol. The summed E-state index contributed by atoms with van der Waals surface area (Å²) < 4.78 is 10.6. The van der Waals surface area contributed by atoms with Crippen LogP contribution in [-0.2, 0) is 17.6 Å². The standard InChI is InChI=1S/C21H23NO3/c1-24-17-9-7-13(11-18(17)25-2)8-10-19(23)22-21-16-12-14-5-3-4-6-15(14)20(16)21/h3-7,9,11,16,20-21H,8,10,12H2,1-2H3,(H,22,23)/t16-,20+,21+/m0/s1. The van der Waals surface area contributed by atoms with Crippen molar-refractivity contribution in [3.63, 3.8) is 0 Å². The van der Waals surface area contributed by atoms with Gasteiger partial charge < -0.3 is 14.8 Å². The van der Waals surface area contributed by atoms with Crippen molar-refractivity contribution >= 4 is 5.91 Å². The van der Waals surface area contributed by atoms with Crippen LogP contribution in [0, 0.1) is 5.92 Å². The number of hydrogen-bond acceptors (Lipinski definition) is 3. The second-order valence-electron chi connectivity index (χ2n) is 6.88. The number of rotatable bonds is 6. The summed E-state index contributed by atoms with van der Waals surface area (Å²) in [6, 6.07) is 14.7. The maximum Gasteiger partial charge on any atom is 0.220 e. The summed E-state index contributed by atoms with van der Waals surface area (Å²) in [7, 11) is 3.24. The summed E-state index contributed by atoms with van der Waals surface area (Å²) in [5.74, 6) is 2.67. The van der Waals surface area contributed by atoms with Crippen LogP contribution >= 0.6 is 0 Å². The number of amides is 1. The molecule has 3 atom stereocenters. The van der Waals surface area contributed by atoms with Gasteiger partial charge in [0.15, 0.2) is 11.5 Å². The lowest BCUT2D eigenvalue weighted by molar-refractivity contribution is -0.121. The minimum Gasteiger partial charge on any atom is -0.493 e. The van der Waals surface area contributed by atoms with E-state index in [1.807, 2.05) is 18.2 Å². The summed E-state index contributed by atoms with van der Waals surface area (Å²) in [4.78, 5) is 12.3. The number of nitrogens with one attached hydrogen (secondary N) is 1. The highest BCUT2D eigenvalue weighted by Gasteiger charge is 2.56. The SMILES string of the molecule is COc1ccc(CCC(=O)N[C@@H]2[C@H]3Cc4ccccc4[C@H]32)cc1OC. The summed E-state index contributed by atoms with van der Waals surface area (Å²) >= 11 is 0. The van der Waals surface area contributed by atoms with Gasteiger partial charge in [-0.3, -0.25) is 4.79 Å². The summed E-state index contributed by atoms with van der Waals surface area (Å²) in [6.07, 6.45) is 2.29. The fourth-order valence-electron chi connectivity index (χ4n) is 4.10. The number of fused-ring (bicyclic) bond motifs is 3. The van der Waals surface area contributed by atoms with Crippen molar-refractivity contribution < 1.29 is 14.3 Å². The van der Waals surface area contributed by atoms with Crippen LogP contribution in [0.4, 0.5) is 0 Å². The van der Waals surface area contributed by atoms with E-state index < -0.39 is 0 Å². The van der Waals surface area contributed by atoms with Crippen LogP contribution in [0.15, 0.2) is 42.5 Å².